The maximum Gasteiger partial charge on any atom is 0.178 e. The van der Waals surface area contributed by atoms with Crippen molar-refractivity contribution in [3.05, 3.63) is 99.7 Å². The molecule has 6 rings (SSSR count). The van der Waals surface area contributed by atoms with Crippen LogP contribution < -0.4 is 21.6 Å². The molecule has 14 heteroatoms. The number of likely N-dealkylation sites (tertiary alicyclic amines) is 1. The summed E-state index contributed by atoms with van der Waals surface area (Å²) in [6.07, 6.45) is 6.44. The second-order valence-corrected chi connectivity index (χ2v) is 16.1. The molecule has 4 N–H and O–H groups in total. The van der Waals surface area contributed by atoms with Gasteiger partial charge in [0.2, 0.25) is 0 Å². The lowest BCUT2D eigenvalue weighted by atomic mass is 9.98. The lowest BCUT2D eigenvalue weighted by Gasteiger charge is -2.42. The number of benzene rings is 3. The van der Waals surface area contributed by atoms with Crippen LogP contribution in [0.1, 0.15) is 50.8 Å². The maximum absolute atomic E-state index is 14.4. The zero-order valence-electron chi connectivity index (χ0n) is 27.5. The van der Waals surface area contributed by atoms with Crippen LogP contribution in [0.5, 0.6) is 0 Å². The van der Waals surface area contributed by atoms with Crippen molar-refractivity contribution in [3.63, 3.8) is 0 Å². The highest BCUT2D eigenvalue weighted by molar-refractivity contribution is 7.90. The number of fused-ring (bicyclic) bond motifs is 1. The third-order valence-corrected chi connectivity index (χ3v) is 10.5. The van der Waals surface area contributed by atoms with Crippen LogP contribution in [-0.4, -0.2) is 54.2 Å². The van der Waals surface area contributed by atoms with E-state index in [-0.39, 0.29) is 22.8 Å². The molecule has 1 saturated heterocycles. The van der Waals surface area contributed by atoms with Crippen molar-refractivity contribution in [2.24, 2.45) is 0 Å². The molecule has 0 saturated carbocycles. The Morgan fingerprint density at radius 3 is 2.43 bits per heavy atom. The van der Waals surface area contributed by atoms with Gasteiger partial charge in [0.05, 0.1) is 33.5 Å². The Morgan fingerprint density at radius 2 is 1.78 bits per heavy atom. The first kappa shape index (κ1) is 34.7. The Morgan fingerprint density at radius 1 is 1.06 bits per heavy atom. The number of aromatic nitrogens is 1. The van der Waals surface area contributed by atoms with Crippen LogP contribution in [0.4, 0.5) is 21.5 Å². The van der Waals surface area contributed by atoms with E-state index in [0.29, 0.717) is 38.4 Å². The summed E-state index contributed by atoms with van der Waals surface area (Å²) < 4.78 is 38.8. The van der Waals surface area contributed by atoms with Crippen molar-refractivity contribution in [1.82, 2.24) is 25.9 Å². The second-order valence-electron chi connectivity index (χ2n) is 13.3. The highest BCUT2D eigenvalue weighted by Crippen LogP contribution is 2.38. The molecule has 4 aromatic rings. The Hall–Kier alpha value is -4.12. The molecule has 256 valence electrons. The molecule has 1 atom stereocenters. The second kappa shape index (κ2) is 13.7. The molecule has 0 aliphatic carbocycles. The molecule has 1 fully saturated rings. The van der Waals surface area contributed by atoms with E-state index in [9.17, 15) is 18.1 Å². The van der Waals surface area contributed by atoms with Crippen LogP contribution in [0.2, 0.25) is 10.0 Å². The minimum Gasteiger partial charge on any atom is -0.373 e. The molecular weight excluding hydrogens is 686 g/mol. The van der Waals surface area contributed by atoms with Gasteiger partial charge in [0.1, 0.15) is 16.8 Å². The van der Waals surface area contributed by atoms with Crippen molar-refractivity contribution < 1.29 is 12.8 Å². The average Bonchev–Trinajstić information content (AvgIpc) is 3.54. The predicted molar refractivity (Wildman–Crippen MR) is 193 cm³/mol. The van der Waals surface area contributed by atoms with E-state index in [1.54, 1.807) is 6.07 Å². The van der Waals surface area contributed by atoms with Crippen LogP contribution >= 0.6 is 23.2 Å². The number of hydrogen-bond donors (Lipinski definition) is 4. The number of nitrogens with zero attached hydrogens (tertiary/aromatic N) is 4. The molecule has 3 heterocycles. The molecule has 10 nitrogen and oxygen atoms in total. The molecule has 0 radical (unpaired) electrons. The van der Waals surface area contributed by atoms with E-state index in [0.717, 1.165) is 49.5 Å². The summed E-state index contributed by atoms with van der Waals surface area (Å²) in [6.45, 7) is 8.75. The fraction of sp³-hybridized carbons (Fsp3) is 0.314. The number of halogens is 3. The van der Waals surface area contributed by atoms with Gasteiger partial charge in [-0.2, -0.15) is 5.26 Å². The molecule has 2 aliphatic rings. The predicted octanol–water partition coefficient (Wildman–Crippen LogP) is 7.28. The summed E-state index contributed by atoms with van der Waals surface area (Å²) in [5.41, 5.74) is 10.5. The van der Waals surface area contributed by atoms with Crippen LogP contribution in [0.15, 0.2) is 77.6 Å². The van der Waals surface area contributed by atoms with Gasteiger partial charge in [-0.05, 0) is 81.6 Å². The first-order chi connectivity index (χ1) is 23.2. The van der Waals surface area contributed by atoms with Crippen molar-refractivity contribution in [3.8, 4) is 6.07 Å². The number of anilines is 3. The fourth-order valence-corrected chi connectivity index (χ4v) is 7.39. The van der Waals surface area contributed by atoms with Crippen LogP contribution in [0, 0.1) is 17.1 Å². The van der Waals surface area contributed by atoms with Crippen LogP contribution in [0.3, 0.4) is 0 Å². The molecule has 49 heavy (non-hydrogen) atoms. The van der Waals surface area contributed by atoms with Gasteiger partial charge in [0.15, 0.2) is 9.84 Å². The third kappa shape index (κ3) is 7.56. The number of hydrogen-bond acceptors (Lipinski definition) is 10. The SMILES string of the molecule is CC(C)(C)N1CCC(N2C=C([C@@H](Nc3cc(Cl)c4ncc(C#N)c(Nc5ccc(F)c(S(C)(=O)=O)c5)c4c3)c3ccc(Cl)cc3)NN2)CC1. The first-order valence-electron chi connectivity index (χ1n) is 15.8. The number of sulfone groups is 1. The molecule has 1 aromatic heterocycles. The molecule has 0 amide bonds. The first-order valence-corrected chi connectivity index (χ1v) is 18.4. The number of piperidine rings is 1. The molecule has 0 unspecified atom stereocenters. The van der Waals surface area contributed by atoms with E-state index in [1.807, 2.05) is 30.3 Å². The van der Waals surface area contributed by atoms with Gasteiger partial charge in [-0.15, -0.1) is 5.53 Å². The molecular formula is C35H37Cl2FN8O2S. The zero-order valence-corrected chi connectivity index (χ0v) is 29.8. The summed E-state index contributed by atoms with van der Waals surface area (Å²) >= 11 is 13.1. The van der Waals surface area contributed by atoms with E-state index in [4.69, 9.17) is 23.2 Å². The normalized spacial score (nSPS) is 16.6. The molecule has 2 aliphatic heterocycles. The number of nitriles is 1. The van der Waals surface area contributed by atoms with Crippen LogP contribution in [0.25, 0.3) is 10.9 Å². The lowest BCUT2D eigenvalue weighted by molar-refractivity contribution is 0.0570. The summed E-state index contributed by atoms with van der Waals surface area (Å²) in [5, 5.41) is 20.3. The summed E-state index contributed by atoms with van der Waals surface area (Å²) in [7, 11) is -3.84. The van der Waals surface area contributed by atoms with Crippen molar-refractivity contribution >= 4 is 61.0 Å². The minimum absolute atomic E-state index is 0.129. The molecule has 0 spiro atoms. The zero-order chi connectivity index (χ0) is 35.1. The van der Waals surface area contributed by atoms with E-state index in [2.05, 4.69) is 69.5 Å². The maximum atomic E-state index is 14.4. The van der Waals surface area contributed by atoms with Gasteiger partial charge < -0.3 is 16.1 Å². The van der Waals surface area contributed by atoms with Gasteiger partial charge in [-0.3, -0.25) is 14.9 Å². The van der Waals surface area contributed by atoms with Gasteiger partial charge >= 0.3 is 0 Å². The van der Waals surface area contributed by atoms with Crippen LogP contribution in [-0.2, 0) is 9.84 Å². The summed E-state index contributed by atoms with van der Waals surface area (Å²) in [5.74, 6) is -0.867. The minimum atomic E-state index is -3.84. The monoisotopic (exact) mass is 722 g/mol. The topological polar surface area (TPSA) is 125 Å². The molecule has 3 aromatic carbocycles. The third-order valence-electron chi connectivity index (χ3n) is 8.88. The Bertz CT molecular complexity index is 2070. The summed E-state index contributed by atoms with van der Waals surface area (Å²) in [6, 6.07) is 16.9. The highest BCUT2D eigenvalue weighted by Gasteiger charge is 2.32. The fourth-order valence-electron chi connectivity index (χ4n) is 6.24. The van der Waals surface area contributed by atoms with Gasteiger partial charge in [-0.1, -0.05) is 35.3 Å². The number of pyridine rings is 1. The van der Waals surface area contributed by atoms with Gasteiger partial charge in [-0.25, -0.2) is 12.8 Å². The largest absolute Gasteiger partial charge is 0.373 e. The number of rotatable bonds is 8. The van der Waals surface area contributed by atoms with Crippen molar-refractivity contribution in [2.45, 2.75) is 56.1 Å². The highest BCUT2D eigenvalue weighted by atomic mass is 35.5. The Kier molecular flexibility index (Phi) is 9.68. The Balaban J connectivity index is 1.35. The smallest absolute Gasteiger partial charge is 0.178 e. The van der Waals surface area contributed by atoms with E-state index in [1.165, 1.54) is 18.3 Å². The van der Waals surface area contributed by atoms with Crippen molar-refractivity contribution in [1.29, 1.82) is 5.26 Å². The average molecular weight is 724 g/mol. The number of hydrazine groups is 2. The lowest BCUT2D eigenvalue weighted by Crippen LogP contribution is -2.52. The van der Waals surface area contributed by atoms with Gasteiger partial charge in [0, 0.05) is 65.1 Å². The Labute approximate surface area is 295 Å². The van der Waals surface area contributed by atoms with Gasteiger partial charge in [0.25, 0.3) is 0 Å². The van der Waals surface area contributed by atoms with Crippen molar-refractivity contribution in [2.75, 3.05) is 30.0 Å². The van der Waals surface area contributed by atoms with E-state index < -0.39 is 20.5 Å². The summed E-state index contributed by atoms with van der Waals surface area (Å²) in [4.78, 5) is 6.49. The molecule has 0 bridgehead atoms. The van der Waals surface area contributed by atoms with E-state index >= 15 is 0 Å². The quantitative estimate of drug-likeness (QED) is 0.147. The number of nitrogens with one attached hydrogen (secondary N) is 4. The standard InChI is InChI=1S/C35H37Cl2FN8O2S/c1-35(2,3)45-13-11-26(12-14-45)46-20-30(43-44-46)33(21-5-7-23(36)8-6-21)42-25-15-27-32(22(18-39)19-40-34(27)28(37)16-25)41-24-9-10-29(38)31(17-24)49(4,47)48/h5-10,15-17,19-20,26,33,42-44H,11-14H2,1-4H3,(H,40,41)/t33-/m0/s1.